The molecule has 0 spiro atoms. The third-order valence-electron chi connectivity index (χ3n) is 10.2. The van der Waals surface area contributed by atoms with Crippen LogP contribution in [0.25, 0.3) is 72.8 Å². The predicted octanol–water partition coefficient (Wildman–Crippen LogP) is 13.1. The van der Waals surface area contributed by atoms with E-state index in [0.29, 0.717) is 17.6 Å². The lowest BCUT2D eigenvalue weighted by molar-refractivity contribution is 0.953. The van der Waals surface area contributed by atoms with Crippen molar-refractivity contribution in [2.75, 3.05) is 4.90 Å². The van der Waals surface area contributed by atoms with Gasteiger partial charge in [0.15, 0.2) is 11.6 Å². The molecule has 264 valence electrons. The maximum Gasteiger partial charge on any atom is 0.238 e. The topological polar surface area (TPSA) is 46.8 Å². The molecule has 0 saturated heterocycles. The summed E-state index contributed by atoms with van der Waals surface area (Å²) < 4.78 is 2.19. The highest BCUT2D eigenvalue weighted by molar-refractivity contribution is 6.10. The fraction of sp³-hybridized carbons (Fsp3) is 0. The van der Waals surface area contributed by atoms with Crippen LogP contribution in [-0.2, 0) is 0 Å². The summed E-state index contributed by atoms with van der Waals surface area (Å²) >= 11 is 0. The molecule has 0 aliphatic carbocycles. The highest BCUT2D eigenvalue weighted by Crippen LogP contribution is 2.38. The lowest BCUT2D eigenvalue weighted by atomic mass is 10.0. The van der Waals surface area contributed by atoms with E-state index in [9.17, 15) is 0 Å². The van der Waals surface area contributed by atoms with Gasteiger partial charge >= 0.3 is 0 Å². The summed E-state index contributed by atoms with van der Waals surface area (Å²) in [6.07, 6.45) is 0. The van der Waals surface area contributed by atoms with E-state index in [0.717, 1.165) is 72.2 Å². The highest BCUT2D eigenvalue weighted by Gasteiger charge is 2.19. The van der Waals surface area contributed by atoms with Gasteiger partial charge in [-0.2, -0.15) is 9.97 Å². The minimum Gasteiger partial charge on any atom is -0.311 e. The second kappa shape index (κ2) is 14.3. The number of nitrogens with zero attached hydrogens (tertiary/aromatic N) is 5. The number of hydrogen-bond acceptors (Lipinski definition) is 4. The van der Waals surface area contributed by atoms with E-state index in [-0.39, 0.29) is 0 Å². The van der Waals surface area contributed by atoms with E-state index in [4.69, 9.17) is 15.0 Å². The minimum absolute atomic E-state index is 0.569. The van der Waals surface area contributed by atoms with Crippen LogP contribution in [0.5, 0.6) is 0 Å². The van der Waals surface area contributed by atoms with Crippen molar-refractivity contribution < 1.29 is 0 Å². The van der Waals surface area contributed by atoms with Gasteiger partial charge in [-0.15, -0.1) is 0 Å². The average molecular weight is 718 g/mol. The zero-order chi connectivity index (χ0) is 37.3. The maximum absolute atomic E-state index is 5.23. The molecular formula is C51H35N5. The lowest BCUT2D eigenvalue weighted by Crippen LogP contribution is -2.09. The van der Waals surface area contributed by atoms with Crippen molar-refractivity contribution in [1.29, 1.82) is 0 Å². The lowest BCUT2D eigenvalue weighted by Gasteiger charge is -2.25. The van der Waals surface area contributed by atoms with Crippen LogP contribution < -0.4 is 4.90 Å². The summed E-state index contributed by atoms with van der Waals surface area (Å²) in [4.78, 5) is 17.8. The van der Waals surface area contributed by atoms with Gasteiger partial charge in [0.2, 0.25) is 5.95 Å². The van der Waals surface area contributed by atoms with Crippen molar-refractivity contribution in [3.8, 4) is 51.0 Å². The summed E-state index contributed by atoms with van der Waals surface area (Å²) in [7, 11) is 0. The standard InChI is InChI=1S/C51H35N5/c1-5-16-36(17-6-1)39-20-15-21-41(34-39)50-52-49(38-18-7-2-8-19-38)53-51(54-50)56-47-27-14-13-26-45(47)46-33-30-40(35-48(46)56)37-28-31-44(32-29-37)55(42-22-9-3-10-23-42)43-24-11-4-12-25-43/h1-35H. The Morgan fingerprint density at radius 2 is 0.768 bits per heavy atom. The molecule has 56 heavy (non-hydrogen) atoms. The van der Waals surface area contributed by atoms with Gasteiger partial charge < -0.3 is 4.90 Å². The first-order valence-electron chi connectivity index (χ1n) is 18.8. The molecule has 0 aliphatic heterocycles. The molecule has 0 atom stereocenters. The number of anilines is 3. The SMILES string of the molecule is c1ccc(-c2cccc(-c3nc(-c4ccccc4)nc(-n4c5ccccc5c5ccc(-c6ccc(N(c7ccccc7)c7ccccc7)cc6)cc54)n3)c2)cc1. The van der Waals surface area contributed by atoms with Crippen LogP contribution in [0.3, 0.4) is 0 Å². The van der Waals surface area contributed by atoms with Crippen LogP contribution in [0.1, 0.15) is 0 Å². The molecule has 0 radical (unpaired) electrons. The zero-order valence-electron chi connectivity index (χ0n) is 30.4. The van der Waals surface area contributed by atoms with E-state index >= 15 is 0 Å². The molecule has 0 aliphatic rings. The van der Waals surface area contributed by atoms with Gasteiger partial charge in [-0.05, 0) is 76.9 Å². The van der Waals surface area contributed by atoms with E-state index in [2.05, 4.69) is 185 Å². The third kappa shape index (κ3) is 6.17. The van der Waals surface area contributed by atoms with Crippen LogP contribution >= 0.6 is 0 Å². The van der Waals surface area contributed by atoms with Crippen LogP contribution in [0.15, 0.2) is 212 Å². The van der Waals surface area contributed by atoms with Gasteiger partial charge in [0, 0.05) is 39.0 Å². The number of fused-ring (bicyclic) bond motifs is 3. The van der Waals surface area contributed by atoms with Gasteiger partial charge in [0.25, 0.3) is 0 Å². The Labute approximate surface area is 325 Å². The van der Waals surface area contributed by atoms with Crippen molar-refractivity contribution in [3.63, 3.8) is 0 Å². The van der Waals surface area contributed by atoms with Gasteiger partial charge in [-0.1, -0.05) is 158 Å². The van der Waals surface area contributed by atoms with Crippen molar-refractivity contribution in [2.24, 2.45) is 0 Å². The van der Waals surface area contributed by atoms with Crippen molar-refractivity contribution in [3.05, 3.63) is 212 Å². The fourth-order valence-corrected chi connectivity index (χ4v) is 7.55. The molecule has 5 nitrogen and oxygen atoms in total. The fourth-order valence-electron chi connectivity index (χ4n) is 7.55. The molecule has 10 rings (SSSR count). The molecule has 0 unspecified atom stereocenters. The Balaban J connectivity index is 1.12. The molecule has 8 aromatic carbocycles. The Morgan fingerprint density at radius 1 is 0.304 bits per heavy atom. The maximum atomic E-state index is 5.23. The first-order valence-corrected chi connectivity index (χ1v) is 18.8. The Bertz CT molecular complexity index is 2900. The summed E-state index contributed by atoms with van der Waals surface area (Å²) in [5, 5.41) is 2.27. The summed E-state index contributed by atoms with van der Waals surface area (Å²) in [5.74, 6) is 1.81. The van der Waals surface area contributed by atoms with Crippen molar-refractivity contribution in [1.82, 2.24) is 19.5 Å². The summed E-state index contributed by atoms with van der Waals surface area (Å²) in [5.41, 5.74) is 11.7. The van der Waals surface area contributed by atoms with Gasteiger partial charge in [-0.25, -0.2) is 4.98 Å². The Hall–Kier alpha value is -7.63. The molecule has 0 fully saturated rings. The van der Waals surface area contributed by atoms with Gasteiger partial charge in [-0.3, -0.25) is 4.57 Å². The first-order chi connectivity index (χ1) is 27.8. The highest BCUT2D eigenvalue weighted by atomic mass is 15.2. The molecule has 0 bridgehead atoms. The Morgan fingerprint density at radius 3 is 1.45 bits per heavy atom. The van der Waals surface area contributed by atoms with E-state index in [1.54, 1.807) is 0 Å². The number of benzene rings is 8. The number of aromatic nitrogens is 4. The Kier molecular flexibility index (Phi) is 8.43. The smallest absolute Gasteiger partial charge is 0.238 e. The van der Waals surface area contributed by atoms with Crippen LogP contribution in [0.2, 0.25) is 0 Å². The summed E-state index contributed by atoms with van der Waals surface area (Å²) in [6.45, 7) is 0. The number of hydrogen-bond donors (Lipinski definition) is 0. The second-order valence-electron chi connectivity index (χ2n) is 13.7. The zero-order valence-corrected chi connectivity index (χ0v) is 30.4. The molecule has 10 aromatic rings. The molecule has 2 heterocycles. The van der Waals surface area contributed by atoms with Gasteiger partial charge in [0.1, 0.15) is 0 Å². The third-order valence-corrected chi connectivity index (χ3v) is 10.2. The number of rotatable bonds is 8. The van der Waals surface area contributed by atoms with E-state index in [1.165, 1.54) is 0 Å². The molecular weight excluding hydrogens is 683 g/mol. The molecule has 0 saturated carbocycles. The average Bonchev–Trinajstić information content (AvgIpc) is 3.62. The number of para-hydroxylation sites is 3. The monoisotopic (exact) mass is 717 g/mol. The van der Waals surface area contributed by atoms with E-state index < -0.39 is 0 Å². The van der Waals surface area contributed by atoms with E-state index in [1.807, 2.05) is 36.4 Å². The van der Waals surface area contributed by atoms with Crippen molar-refractivity contribution in [2.45, 2.75) is 0 Å². The molecule has 2 aromatic heterocycles. The van der Waals surface area contributed by atoms with Crippen LogP contribution in [-0.4, -0.2) is 19.5 Å². The van der Waals surface area contributed by atoms with Gasteiger partial charge in [0.05, 0.1) is 11.0 Å². The van der Waals surface area contributed by atoms with Crippen LogP contribution in [0.4, 0.5) is 17.1 Å². The predicted molar refractivity (Wildman–Crippen MR) is 231 cm³/mol. The second-order valence-corrected chi connectivity index (χ2v) is 13.7. The quantitative estimate of drug-likeness (QED) is 0.157. The normalized spacial score (nSPS) is 11.2. The minimum atomic E-state index is 0.569. The van der Waals surface area contributed by atoms with Crippen LogP contribution in [0, 0.1) is 0 Å². The molecule has 0 N–H and O–H groups in total. The first kappa shape index (κ1) is 33.0. The largest absolute Gasteiger partial charge is 0.311 e. The molecule has 5 heteroatoms. The molecule has 0 amide bonds. The van der Waals surface area contributed by atoms with Crippen molar-refractivity contribution >= 4 is 38.9 Å². The summed E-state index contributed by atoms with van der Waals surface area (Å²) in [6, 6.07) is 74.0.